The van der Waals surface area contributed by atoms with Gasteiger partial charge in [0.15, 0.2) is 5.65 Å². The molecule has 1 unspecified atom stereocenters. The number of nitrogens with one attached hydrogen (secondary N) is 2. The summed E-state index contributed by atoms with van der Waals surface area (Å²) in [4.78, 5) is 23.0. The van der Waals surface area contributed by atoms with Crippen molar-refractivity contribution in [2.24, 2.45) is 0 Å². The first-order chi connectivity index (χ1) is 16.0. The van der Waals surface area contributed by atoms with Crippen molar-refractivity contribution in [1.29, 1.82) is 0 Å². The number of nitrogens with two attached hydrogens (primary N) is 1. The van der Waals surface area contributed by atoms with E-state index in [1.54, 1.807) is 18.6 Å². The molecule has 0 radical (unpaired) electrons. The molecule has 0 bridgehead atoms. The third-order valence-corrected chi connectivity index (χ3v) is 7.18. The van der Waals surface area contributed by atoms with Gasteiger partial charge in [0.1, 0.15) is 11.3 Å². The maximum absolute atomic E-state index is 10.8. The Morgan fingerprint density at radius 2 is 1.85 bits per heavy atom. The van der Waals surface area contributed by atoms with Crippen molar-refractivity contribution >= 4 is 33.9 Å². The van der Waals surface area contributed by atoms with Crippen molar-refractivity contribution in [2.75, 3.05) is 50.5 Å². The van der Waals surface area contributed by atoms with E-state index < -0.39 is 11.0 Å². The quantitative estimate of drug-likeness (QED) is 0.528. The van der Waals surface area contributed by atoms with Crippen LogP contribution in [0.1, 0.15) is 32.1 Å². The van der Waals surface area contributed by atoms with E-state index in [-0.39, 0.29) is 0 Å². The maximum atomic E-state index is 10.8. The number of anilines is 2. The number of hydrogen-bond donors (Lipinski definition) is 3. The molecule has 3 aromatic rings. The molecule has 5 rings (SSSR count). The van der Waals surface area contributed by atoms with E-state index in [1.165, 1.54) is 19.3 Å². The van der Waals surface area contributed by atoms with E-state index in [4.69, 9.17) is 5.73 Å². The van der Waals surface area contributed by atoms with Crippen LogP contribution in [-0.2, 0) is 11.0 Å². The fourth-order valence-corrected chi connectivity index (χ4v) is 4.85. The second-order valence-corrected chi connectivity index (χ2v) is 9.96. The molecular weight excluding hydrogens is 438 g/mol. The van der Waals surface area contributed by atoms with Crippen molar-refractivity contribution in [3.05, 3.63) is 24.7 Å². The molecule has 2 saturated heterocycles. The Balaban J connectivity index is 0.000000243. The standard InChI is InChI=1S/C16H20N8.C6H13NOS/c1-24-6-3-10(4-7-24)21-16-20-8-11(14(17)23-16)13-9-19-15-12(22-13)2-5-18-15;1-9(8)7-5-3-2-4-6-7/h2,5,8-10H,3-4,6-7H2,1H3,(H,18,19)(H3,17,20,21,23);2-6H2,1H3. The van der Waals surface area contributed by atoms with Crippen molar-refractivity contribution in [2.45, 2.75) is 38.1 Å². The van der Waals surface area contributed by atoms with E-state index in [0.717, 1.165) is 50.2 Å². The highest BCUT2D eigenvalue weighted by Gasteiger charge is 2.18. The lowest BCUT2D eigenvalue weighted by Crippen LogP contribution is -2.37. The Kier molecular flexibility index (Phi) is 7.84. The first kappa shape index (κ1) is 23.5. The van der Waals surface area contributed by atoms with Crippen LogP contribution in [0.2, 0.25) is 0 Å². The van der Waals surface area contributed by atoms with Gasteiger partial charge in [0.2, 0.25) is 5.95 Å². The zero-order valence-electron chi connectivity index (χ0n) is 19.3. The normalized spacial score (nSPS) is 19.1. The summed E-state index contributed by atoms with van der Waals surface area (Å²) in [6.07, 6.45) is 12.9. The zero-order valence-corrected chi connectivity index (χ0v) is 20.1. The first-order valence-electron chi connectivity index (χ1n) is 11.5. The van der Waals surface area contributed by atoms with Crippen LogP contribution in [0, 0.1) is 0 Å². The van der Waals surface area contributed by atoms with Crippen LogP contribution in [0.15, 0.2) is 24.7 Å². The van der Waals surface area contributed by atoms with Gasteiger partial charge in [-0.1, -0.05) is 6.42 Å². The summed E-state index contributed by atoms with van der Waals surface area (Å²) in [6, 6.07) is 2.27. The lowest BCUT2D eigenvalue weighted by atomic mass is 10.1. The maximum Gasteiger partial charge on any atom is 0.224 e. The highest BCUT2D eigenvalue weighted by atomic mass is 32.2. The summed E-state index contributed by atoms with van der Waals surface area (Å²) in [5.41, 5.74) is 9.03. The van der Waals surface area contributed by atoms with E-state index in [2.05, 4.69) is 42.2 Å². The molecule has 33 heavy (non-hydrogen) atoms. The topological polar surface area (TPSA) is 129 Å². The molecule has 4 N–H and O–H groups in total. The lowest BCUT2D eigenvalue weighted by Gasteiger charge is -2.29. The average Bonchev–Trinajstić information content (AvgIpc) is 3.30. The van der Waals surface area contributed by atoms with Crippen LogP contribution in [0.25, 0.3) is 22.4 Å². The first-order valence-corrected chi connectivity index (χ1v) is 13.0. The third-order valence-electron chi connectivity index (χ3n) is 6.09. The molecule has 3 aromatic heterocycles. The van der Waals surface area contributed by atoms with Gasteiger partial charge in [0.05, 0.1) is 28.4 Å². The summed E-state index contributed by atoms with van der Waals surface area (Å²) in [5.74, 6) is 0.978. The minimum Gasteiger partial charge on any atom is -0.383 e. The fourth-order valence-electron chi connectivity index (χ4n) is 4.08. The molecule has 0 aromatic carbocycles. The van der Waals surface area contributed by atoms with Crippen LogP contribution >= 0.6 is 0 Å². The fraction of sp³-hybridized carbons (Fsp3) is 0.545. The minimum atomic E-state index is -0.719. The molecule has 11 heteroatoms. The van der Waals surface area contributed by atoms with Gasteiger partial charge >= 0.3 is 0 Å². The van der Waals surface area contributed by atoms with Gasteiger partial charge in [-0.2, -0.15) is 4.98 Å². The molecule has 2 aliphatic rings. The van der Waals surface area contributed by atoms with Crippen LogP contribution in [-0.4, -0.2) is 83.9 Å². The number of nitrogen functional groups attached to an aromatic ring is 1. The van der Waals surface area contributed by atoms with Gasteiger partial charge in [-0.05, 0) is 51.9 Å². The molecule has 5 heterocycles. The summed E-state index contributed by atoms with van der Waals surface area (Å²) < 4.78 is 12.9. The van der Waals surface area contributed by atoms with E-state index >= 15 is 0 Å². The summed E-state index contributed by atoms with van der Waals surface area (Å²) in [6.45, 7) is 4.22. The SMILES string of the molecule is CN1CCC(Nc2ncc(-c3cnc4[nH]ccc4n3)c(N)n2)CC1.CS(=O)N1CCCCC1. The molecule has 0 aliphatic carbocycles. The van der Waals surface area contributed by atoms with Crippen molar-refractivity contribution < 1.29 is 4.21 Å². The molecule has 2 fully saturated rings. The lowest BCUT2D eigenvalue weighted by molar-refractivity contribution is 0.263. The number of hydrogen-bond acceptors (Lipinski definition) is 8. The monoisotopic (exact) mass is 471 g/mol. The molecule has 0 saturated carbocycles. The van der Waals surface area contributed by atoms with Gasteiger partial charge in [-0.25, -0.2) is 23.5 Å². The van der Waals surface area contributed by atoms with E-state index in [9.17, 15) is 4.21 Å². The Hall–Kier alpha value is -2.63. The number of nitrogens with zero attached hydrogens (tertiary/aromatic N) is 6. The smallest absolute Gasteiger partial charge is 0.224 e. The average molecular weight is 472 g/mol. The number of fused-ring (bicyclic) bond motifs is 1. The number of likely N-dealkylation sites (tertiary alicyclic amines) is 1. The highest BCUT2D eigenvalue weighted by molar-refractivity contribution is 7.81. The van der Waals surface area contributed by atoms with Crippen LogP contribution in [0.5, 0.6) is 0 Å². The number of piperidine rings is 2. The number of H-pyrrole nitrogens is 1. The molecule has 0 amide bonds. The van der Waals surface area contributed by atoms with Gasteiger partial charge in [0.25, 0.3) is 0 Å². The van der Waals surface area contributed by atoms with Crippen molar-refractivity contribution in [3.63, 3.8) is 0 Å². The highest BCUT2D eigenvalue weighted by Crippen LogP contribution is 2.24. The molecule has 1 atom stereocenters. The van der Waals surface area contributed by atoms with Crippen molar-refractivity contribution in [3.8, 4) is 11.3 Å². The zero-order chi connectivity index (χ0) is 23.2. The predicted octanol–water partition coefficient (Wildman–Crippen LogP) is 2.27. The predicted molar refractivity (Wildman–Crippen MR) is 133 cm³/mol. The van der Waals surface area contributed by atoms with Crippen LogP contribution in [0.4, 0.5) is 11.8 Å². The van der Waals surface area contributed by atoms with Crippen LogP contribution < -0.4 is 11.1 Å². The second kappa shape index (κ2) is 11.0. The van der Waals surface area contributed by atoms with E-state index in [1.807, 2.05) is 16.6 Å². The second-order valence-electron chi connectivity index (χ2n) is 8.59. The van der Waals surface area contributed by atoms with Gasteiger partial charge in [-0.15, -0.1) is 0 Å². The summed E-state index contributed by atoms with van der Waals surface area (Å²) >= 11 is 0. The number of aromatic nitrogens is 5. The van der Waals surface area contributed by atoms with Gasteiger partial charge < -0.3 is 20.9 Å². The molecule has 10 nitrogen and oxygen atoms in total. The van der Waals surface area contributed by atoms with Crippen molar-refractivity contribution in [1.82, 2.24) is 34.1 Å². The largest absolute Gasteiger partial charge is 0.383 e. The summed E-state index contributed by atoms with van der Waals surface area (Å²) in [7, 11) is 1.42. The summed E-state index contributed by atoms with van der Waals surface area (Å²) in [5, 5.41) is 3.38. The van der Waals surface area contributed by atoms with E-state index in [0.29, 0.717) is 29.1 Å². The Morgan fingerprint density at radius 3 is 2.52 bits per heavy atom. The minimum absolute atomic E-state index is 0.391. The molecule has 0 spiro atoms. The molecule has 178 valence electrons. The number of aromatic amines is 1. The molecule has 2 aliphatic heterocycles. The Labute approximate surface area is 197 Å². The van der Waals surface area contributed by atoms with Crippen LogP contribution in [0.3, 0.4) is 0 Å². The third kappa shape index (κ3) is 6.24. The van der Waals surface area contributed by atoms with Gasteiger partial charge in [-0.3, -0.25) is 0 Å². The Bertz CT molecular complexity index is 1070. The van der Waals surface area contributed by atoms with Gasteiger partial charge in [0, 0.05) is 37.8 Å². The Morgan fingerprint density at radius 1 is 1.09 bits per heavy atom. The number of rotatable bonds is 4. The molecular formula is C22H33N9OS.